The number of hydrogen-bond donors (Lipinski definition) is 3. The van der Waals surface area contributed by atoms with E-state index in [4.69, 9.17) is 0 Å². The fourth-order valence-corrected chi connectivity index (χ4v) is 4.29. The average molecular weight is 422 g/mol. The molecule has 1 aromatic heterocycles. The molecule has 1 atom stereocenters. The molecule has 2 aliphatic rings. The minimum atomic E-state index is -0.482. The van der Waals surface area contributed by atoms with Crippen LogP contribution in [-0.2, 0) is 11.3 Å². The number of amides is 2. The Hall–Kier alpha value is -2.93. The molecule has 3 heterocycles. The topological polar surface area (TPSA) is 86.4 Å². The molecule has 2 saturated heterocycles. The first kappa shape index (κ1) is 21.3. The molecule has 0 radical (unpaired) electrons. The number of piperidine rings is 1. The summed E-state index contributed by atoms with van der Waals surface area (Å²) in [4.78, 5) is 32.0. The zero-order valence-corrected chi connectivity index (χ0v) is 17.8. The molecule has 0 bridgehead atoms. The molecule has 2 aliphatic heterocycles. The number of benzene rings is 1. The van der Waals surface area contributed by atoms with Gasteiger partial charge in [-0.1, -0.05) is 30.3 Å². The van der Waals surface area contributed by atoms with Crippen molar-refractivity contribution in [2.24, 2.45) is 0 Å². The lowest BCUT2D eigenvalue weighted by Gasteiger charge is -2.33. The molecular formula is C24H31N5O2. The second kappa shape index (κ2) is 10.4. The highest BCUT2D eigenvalue weighted by atomic mass is 16.2. The number of anilines is 1. The Bertz CT molecular complexity index is 881. The van der Waals surface area contributed by atoms with Crippen molar-refractivity contribution in [1.29, 1.82) is 0 Å². The van der Waals surface area contributed by atoms with Gasteiger partial charge < -0.3 is 16.0 Å². The molecule has 2 aromatic rings. The summed E-state index contributed by atoms with van der Waals surface area (Å²) >= 11 is 0. The Balaban J connectivity index is 1.33. The summed E-state index contributed by atoms with van der Waals surface area (Å²) in [6, 6.07) is 13.8. The second-order valence-electron chi connectivity index (χ2n) is 8.39. The molecular weight excluding hydrogens is 390 g/mol. The van der Waals surface area contributed by atoms with Crippen LogP contribution in [0.4, 0.5) is 5.82 Å². The lowest BCUT2D eigenvalue weighted by molar-refractivity contribution is -0.122. The summed E-state index contributed by atoms with van der Waals surface area (Å²) in [5.74, 6) is 0.241. The number of carbonyl (C=O) groups is 2. The molecule has 164 valence electrons. The summed E-state index contributed by atoms with van der Waals surface area (Å²) in [6.07, 6.45) is 6.22. The van der Waals surface area contributed by atoms with E-state index in [0.717, 1.165) is 45.3 Å². The van der Waals surface area contributed by atoms with E-state index in [9.17, 15) is 9.59 Å². The Labute approximate surface area is 183 Å². The largest absolute Gasteiger partial charge is 0.367 e. The predicted molar refractivity (Wildman–Crippen MR) is 121 cm³/mol. The lowest BCUT2D eigenvalue weighted by Crippen LogP contribution is -2.45. The van der Waals surface area contributed by atoms with Crippen LogP contribution in [-0.4, -0.2) is 53.4 Å². The minimum Gasteiger partial charge on any atom is -0.367 e. The van der Waals surface area contributed by atoms with E-state index in [0.29, 0.717) is 24.3 Å². The quantitative estimate of drug-likeness (QED) is 0.667. The van der Waals surface area contributed by atoms with Crippen LogP contribution in [0.1, 0.15) is 48.0 Å². The van der Waals surface area contributed by atoms with E-state index in [1.54, 1.807) is 18.3 Å². The van der Waals surface area contributed by atoms with Gasteiger partial charge in [0, 0.05) is 38.4 Å². The molecule has 0 aliphatic carbocycles. The Morgan fingerprint density at radius 3 is 2.68 bits per heavy atom. The first-order chi connectivity index (χ1) is 15.2. The second-order valence-corrected chi connectivity index (χ2v) is 8.39. The molecule has 0 spiro atoms. The first-order valence-corrected chi connectivity index (χ1v) is 11.3. The van der Waals surface area contributed by atoms with E-state index < -0.39 is 6.04 Å². The highest BCUT2D eigenvalue weighted by molar-refractivity contribution is 6.01. The van der Waals surface area contributed by atoms with E-state index in [1.165, 1.54) is 5.56 Å². The average Bonchev–Trinajstić information content (AvgIpc) is 3.00. The highest BCUT2D eigenvalue weighted by Crippen LogP contribution is 2.20. The molecule has 31 heavy (non-hydrogen) atoms. The van der Waals surface area contributed by atoms with Crippen LogP contribution in [0.5, 0.6) is 0 Å². The van der Waals surface area contributed by atoms with Crippen molar-refractivity contribution < 1.29 is 9.59 Å². The van der Waals surface area contributed by atoms with Gasteiger partial charge in [-0.15, -0.1) is 0 Å². The highest BCUT2D eigenvalue weighted by Gasteiger charge is 2.25. The summed E-state index contributed by atoms with van der Waals surface area (Å²) < 4.78 is 0. The number of aromatic nitrogens is 1. The van der Waals surface area contributed by atoms with Crippen molar-refractivity contribution >= 4 is 17.6 Å². The number of likely N-dealkylation sites (tertiary alicyclic amines) is 1. The normalized spacial score (nSPS) is 20.5. The van der Waals surface area contributed by atoms with Gasteiger partial charge >= 0.3 is 0 Å². The zero-order chi connectivity index (χ0) is 21.5. The first-order valence-electron chi connectivity index (χ1n) is 11.3. The zero-order valence-electron chi connectivity index (χ0n) is 17.8. The van der Waals surface area contributed by atoms with Crippen LogP contribution in [0.2, 0.25) is 0 Å². The molecule has 1 aromatic carbocycles. The molecule has 4 rings (SSSR count). The van der Waals surface area contributed by atoms with Gasteiger partial charge in [-0.05, 0) is 49.8 Å². The maximum atomic E-state index is 12.9. The van der Waals surface area contributed by atoms with Gasteiger partial charge in [0.15, 0.2) is 0 Å². The molecule has 3 N–H and O–H groups in total. The van der Waals surface area contributed by atoms with Crippen molar-refractivity contribution in [3.8, 4) is 0 Å². The third-order valence-electron chi connectivity index (χ3n) is 6.07. The standard InChI is InChI=1S/C24H31N5O2/c30-23(28-21-10-4-5-13-26-24(21)31)20-9-6-14-25-22(20)27-19-11-15-29(16-12-19)17-18-7-2-1-3-8-18/h1-3,6-9,14,19,21H,4-5,10-13,15-17H2,(H,25,27)(H,26,31)(H,28,30). The molecule has 7 nitrogen and oxygen atoms in total. The van der Waals surface area contributed by atoms with Crippen LogP contribution < -0.4 is 16.0 Å². The predicted octanol–water partition coefficient (Wildman–Crippen LogP) is 2.56. The Morgan fingerprint density at radius 1 is 1.06 bits per heavy atom. The van der Waals surface area contributed by atoms with Gasteiger partial charge in [-0.2, -0.15) is 0 Å². The Morgan fingerprint density at radius 2 is 1.87 bits per heavy atom. The molecule has 2 amide bonds. The minimum absolute atomic E-state index is 0.102. The molecule has 0 saturated carbocycles. The summed E-state index contributed by atoms with van der Waals surface area (Å²) in [5.41, 5.74) is 1.83. The number of hydrogen-bond acceptors (Lipinski definition) is 5. The van der Waals surface area contributed by atoms with Crippen molar-refractivity contribution in [2.45, 2.75) is 50.7 Å². The van der Waals surface area contributed by atoms with Gasteiger partial charge in [-0.3, -0.25) is 14.5 Å². The van der Waals surface area contributed by atoms with Gasteiger partial charge in [0.05, 0.1) is 5.56 Å². The number of pyridine rings is 1. The summed E-state index contributed by atoms with van der Waals surface area (Å²) in [6.45, 7) is 3.65. The number of carbonyl (C=O) groups excluding carboxylic acids is 2. The summed E-state index contributed by atoms with van der Waals surface area (Å²) in [5, 5.41) is 9.24. The van der Waals surface area contributed by atoms with Gasteiger partial charge in [0.1, 0.15) is 11.9 Å². The third kappa shape index (κ3) is 5.82. The smallest absolute Gasteiger partial charge is 0.255 e. The van der Waals surface area contributed by atoms with E-state index in [1.807, 2.05) is 6.07 Å². The lowest BCUT2D eigenvalue weighted by atomic mass is 10.0. The molecule has 7 heteroatoms. The van der Waals surface area contributed by atoms with Crippen molar-refractivity contribution in [3.05, 3.63) is 59.8 Å². The fraction of sp³-hybridized carbons (Fsp3) is 0.458. The van der Waals surface area contributed by atoms with Crippen LogP contribution in [0.3, 0.4) is 0 Å². The van der Waals surface area contributed by atoms with Crippen LogP contribution in [0, 0.1) is 0 Å². The monoisotopic (exact) mass is 421 g/mol. The van der Waals surface area contributed by atoms with Crippen LogP contribution in [0.25, 0.3) is 0 Å². The Kier molecular flexibility index (Phi) is 7.14. The van der Waals surface area contributed by atoms with E-state index in [2.05, 4.69) is 50.1 Å². The molecule has 1 unspecified atom stereocenters. The van der Waals surface area contributed by atoms with Gasteiger partial charge in [-0.25, -0.2) is 4.98 Å². The maximum absolute atomic E-state index is 12.9. The fourth-order valence-electron chi connectivity index (χ4n) is 4.29. The van der Waals surface area contributed by atoms with Crippen molar-refractivity contribution in [1.82, 2.24) is 20.5 Å². The third-order valence-corrected chi connectivity index (χ3v) is 6.07. The van der Waals surface area contributed by atoms with Crippen LogP contribution >= 0.6 is 0 Å². The number of nitrogens with zero attached hydrogens (tertiary/aromatic N) is 2. The van der Waals surface area contributed by atoms with Crippen LogP contribution in [0.15, 0.2) is 48.7 Å². The maximum Gasteiger partial charge on any atom is 0.255 e. The molecule has 2 fully saturated rings. The van der Waals surface area contributed by atoms with Crippen molar-refractivity contribution in [2.75, 3.05) is 25.0 Å². The van der Waals surface area contributed by atoms with Gasteiger partial charge in [0.2, 0.25) is 5.91 Å². The summed E-state index contributed by atoms with van der Waals surface area (Å²) in [7, 11) is 0. The SMILES string of the molecule is O=C(NC1CCCCNC1=O)c1cccnc1NC1CCN(Cc2ccccc2)CC1. The number of rotatable bonds is 6. The van der Waals surface area contributed by atoms with Gasteiger partial charge in [0.25, 0.3) is 5.91 Å². The number of nitrogens with one attached hydrogen (secondary N) is 3. The van der Waals surface area contributed by atoms with E-state index >= 15 is 0 Å². The van der Waals surface area contributed by atoms with E-state index in [-0.39, 0.29) is 17.9 Å². The van der Waals surface area contributed by atoms with Crippen molar-refractivity contribution in [3.63, 3.8) is 0 Å².